The van der Waals surface area contributed by atoms with Crippen LogP contribution < -0.4 is 5.32 Å². The van der Waals surface area contributed by atoms with Crippen LogP contribution in [0.15, 0.2) is 18.2 Å². The van der Waals surface area contributed by atoms with Crippen LogP contribution in [0, 0.1) is 0 Å². The lowest BCUT2D eigenvalue weighted by atomic mass is 10.2. The molecule has 0 bridgehead atoms. The van der Waals surface area contributed by atoms with E-state index in [4.69, 9.17) is 23.2 Å². The zero-order valence-corrected chi connectivity index (χ0v) is 10.6. The van der Waals surface area contributed by atoms with E-state index in [9.17, 15) is 4.79 Å². The third-order valence-electron chi connectivity index (χ3n) is 2.03. The Labute approximate surface area is 105 Å². The maximum Gasteiger partial charge on any atom is 0.307 e. The minimum atomic E-state index is -0.266. The van der Waals surface area contributed by atoms with Gasteiger partial charge < -0.3 is 10.1 Å². The van der Waals surface area contributed by atoms with E-state index in [1.807, 2.05) is 6.92 Å². The summed E-state index contributed by atoms with van der Waals surface area (Å²) in [7, 11) is 1.36. The summed E-state index contributed by atoms with van der Waals surface area (Å²) in [4.78, 5) is 11.0. The van der Waals surface area contributed by atoms with Crippen molar-refractivity contribution in [2.24, 2.45) is 0 Å². The number of anilines is 1. The van der Waals surface area contributed by atoms with Crippen LogP contribution in [0.1, 0.15) is 13.3 Å². The fraction of sp³-hybridized carbons (Fsp3) is 0.364. The number of nitrogens with one attached hydrogen (secondary N) is 1. The molecule has 5 heteroatoms. The minimum absolute atomic E-state index is 0.0663. The van der Waals surface area contributed by atoms with E-state index in [1.165, 1.54) is 7.11 Å². The number of carbonyl (C=O) groups is 1. The molecule has 1 atom stereocenters. The molecular weight excluding hydrogens is 249 g/mol. The van der Waals surface area contributed by atoms with Gasteiger partial charge in [-0.15, -0.1) is 0 Å². The van der Waals surface area contributed by atoms with Gasteiger partial charge in [0.15, 0.2) is 0 Å². The van der Waals surface area contributed by atoms with Crippen molar-refractivity contribution < 1.29 is 9.53 Å². The highest BCUT2D eigenvalue weighted by Crippen LogP contribution is 2.26. The largest absolute Gasteiger partial charge is 0.469 e. The van der Waals surface area contributed by atoms with Crippen LogP contribution in [0.25, 0.3) is 0 Å². The highest BCUT2D eigenvalue weighted by molar-refractivity contribution is 6.35. The maximum absolute atomic E-state index is 11.0. The molecule has 88 valence electrons. The van der Waals surface area contributed by atoms with Crippen molar-refractivity contribution in [3.8, 4) is 0 Å². The normalized spacial score (nSPS) is 12.0. The number of hydrogen-bond acceptors (Lipinski definition) is 3. The predicted octanol–water partition coefficient (Wildman–Crippen LogP) is 3.36. The summed E-state index contributed by atoms with van der Waals surface area (Å²) in [5.74, 6) is -0.266. The summed E-state index contributed by atoms with van der Waals surface area (Å²) in [6.45, 7) is 1.87. The van der Waals surface area contributed by atoms with Crippen molar-refractivity contribution in [3.05, 3.63) is 28.2 Å². The number of esters is 1. The van der Waals surface area contributed by atoms with Crippen LogP contribution in [0.3, 0.4) is 0 Å². The van der Waals surface area contributed by atoms with Crippen LogP contribution in [-0.4, -0.2) is 19.1 Å². The molecule has 0 heterocycles. The fourth-order valence-corrected chi connectivity index (χ4v) is 1.60. The third kappa shape index (κ3) is 3.91. The lowest BCUT2D eigenvalue weighted by Crippen LogP contribution is -2.20. The highest BCUT2D eigenvalue weighted by atomic mass is 35.5. The van der Waals surface area contributed by atoms with Crippen LogP contribution in [0.2, 0.25) is 10.0 Å². The Hall–Kier alpha value is -0.930. The zero-order chi connectivity index (χ0) is 12.1. The molecule has 0 aromatic heterocycles. The highest BCUT2D eigenvalue weighted by Gasteiger charge is 2.10. The predicted molar refractivity (Wildman–Crippen MR) is 66.2 cm³/mol. The molecule has 0 amide bonds. The molecule has 0 aliphatic heterocycles. The van der Waals surface area contributed by atoms with Crippen LogP contribution in [-0.2, 0) is 9.53 Å². The number of methoxy groups -OCH3 is 1. The standard InChI is InChI=1S/C11H13Cl2NO2/c1-7(5-11(15)16-2)14-10-6-8(12)3-4-9(10)13/h3-4,6-7,14H,5H2,1-2H3. The monoisotopic (exact) mass is 261 g/mol. The van der Waals surface area contributed by atoms with Gasteiger partial charge in [0, 0.05) is 11.1 Å². The Balaban J connectivity index is 2.65. The minimum Gasteiger partial charge on any atom is -0.469 e. The quantitative estimate of drug-likeness (QED) is 0.845. The van der Waals surface area contributed by atoms with Crippen LogP contribution in [0.4, 0.5) is 5.69 Å². The van der Waals surface area contributed by atoms with Gasteiger partial charge in [0.25, 0.3) is 0 Å². The molecule has 1 aromatic rings. The molecule has 0 spiro atoms. The number of carbonyl (C=O) groups excluding carboxylic acids is 1. The summed E-state index contributed by atoms with van der Waals surface area (Å²) < 4.78 is 4.57. The molecule has 0 aliphatic rings. The number of benzene rings is 1. The van der Waals surface area contributed by atoms with E-state index >= 15 is 0 Å². The molecule has 0 saturated heterocycles. The molecule has 0 fully saturated rings. The van der Waals surface area contributed by atoms with Crippen LogP contribution in [0.5, 0.6) is 0 Å². The molecule has 1 N–H and O–H groups in total. The second-order valence-corrected chi connectivity index (χ2v) is 4.29. The van der Waals surface area contributed by atoms with Gasteiger partial charge in [-0.3, -0.25) is 4.79 Å². The van der Waals surface area contributed by atoms with Crippen LogP contribution >= 0.6 is 23.2 Å². The number of halogens is 2. The first-order valence-electron chi connectivity index (χ1n) is 4.81. The second-order valence-electron chi connectivity index (χ2n) is 3.45. The topological polar surface area (TPSA) is 38.3 Å². The van der Waals surface area contributed by atoms with E-state index < -0.39 is 0 Å². The first-order valence-corrected chi connectivity index (χ1v) is 5.57. The Bertz CT molecular complexity index is 382. The number of ether oxygens (including phenoxy) is 1. The molecule has 1 aromatic carbocycles. The molecule has 0 aliphatic carbocycles. The maximum atomic E-state index is 11.0. The van der Waals surface area contributed by atoms with Gasteiger partial charge in [-0.2, -0.15) is 0 Å². The van der Waals surface area contributed by atoms with Gasteiger partial charge >= 0.3 is 5.97 Å². The lowest BCUT2D eigenvalue weighted by molar-refractivity contribution is -0.140. The lowest BCUT2D eigenvalue weighted by Gasteiger charge is -2.15. The molecular formula is C11H13Cl2NO2. The first kappa shape index (κ1) is 13.1. The van der Waals surface area contributed by atoms with E-state index in [-0.39, 0.29) is 18.4 Å². The molecule has 3 nitrogen and oxygen atoms in total. The van der Waals surface area contributed by atoms with Crippen molar-refractivity contribution in [3.63, 3.8) is 0 Å². The summed E-state index contributed by atoms with van der Waals surface area (Å²) in [5.41, 5.74) is 0.713. The number of rotatable bonds is 4. The number of hydrogen-bond donors (Lipinski definition) is 1. The Kier molecular flexibility index (Phi) is 4.90. The molecule has 1 unspecified atom stereocenters. The molecule has 16 heavy (non-hydrogen) atoms. The molecule has 0 radical (unpaired) electrons. The van der Waals surface area contributed by atoms with E-state index in [0.29, 0.717) is 15.7 Å². The zero-order valence-electron chi connectivity index (χ0n) is 9.09. The van der Waals surface area contributed by atoms with Crippen molar-refractivity contribution in [2.45, 2.75) is 19.4 Å². The van der Waals surface area contributed by atoms with Crippen molar-refractivity contribution in [2.75, 3.05) is 12.4 Å². The van der Waals surface area contributed by atoms with Gasteiger partial charge in [0.05, 0.1) is 24.2 Å². The van der Waals surface area contributed by atoms with E-state index in [0.717, 1.165) is 0 Å². The Morgan fingerprint density at radius 3 is 2.81 bits per heavy atom. The van der Waals surface area contributed by atoms with E-state index in [1.54, 1.807) is 18.2 Å². The van der Waals surface area contributed by atoms with E-state index in [2.05, 4.69) is 10.1 Å². The molecule has 1 rings (SSSR count). The summed E-state index contributed by atoms with van der Waals surface area (Å²) >= 11 is 11.8. The van der Waals surface area contributed by atoms with Gasteiger partial charge in [0.1, 0.15) is 0 Å². The van der Waals surface area contributed by atoms with Gasteiger partial charge in [-0.25, -0.2) is 0 Å². The SMILES string of the molecule is COC(=O)CC(C)Nc1cc(Cl)ccc1Cl. The summed E-state index contributed by atoms with van der Waals surface area (Å²) in [6, 6.07) is 5.07. The summed E-state index contributed by atoms with van der Waals surface area (Å²) in [5, 5.41) is 4.26. The average Bonchev–Trinajstić information content (AvgIpc) is 2.23. The fourth-order valence-electron chi connectivity index (χ4n) is 1.26. The average molecular weight is 262 g/mol. The second kappa shape index (κ2) is 5.97. The Morgan fingerprint density at radius 2 is 2.19 bits per heavy atom. The van der Waals surface area contributed by atoms with Crippen molar-refractivity contribution in [1.29, 1.82) is 0 Å². The molecule has 0 saturated carbocycles. The van der Waals surface area contributed by atoms with Crippen molar-refractivity contribution >= 4 is 34.9 Å². The first-order chi connectivity index (χ1) is 7.52. The Morgan fingerprint density at radius 1 is 1.50 bits per heavy atom. The van der Waals surface area contributed by atoms with Crippen molar-refractivity contribution in [1.82, 2.24) is 0 Å². The van der Waals surface area contributed by atoms with Gasteiger partial charge in [0.2, 0.25) is 0 Å². The summed E-state index contributed by atoms with van der Waals surface area (Å²) in [6.07, 6.45) is 0.277. The van der Waals surface area contributed by atoms with Gasteiger partial charge in [-0.05, 0) is 25.1 Å². The van der Waals surface area contributed by atoms with Gasteiger partial charge in [-0.1, -0.05) is 23.2 Å². The third-order valence-corrected chi connectivity index (χ3v) is 2.60. The smallest absolute Gasteiger partial charge is 0.307 e.